The molecular weight excluding hydrogens is 364 g/mol. The molecule has 6 aromatic rings. The third-order valence-electron chi connectivity index (χ3n) is 6.06. The fraction of sp³-hybridized carbons (Fsp3) is 0. The van der Waals surface area contributed by atoms with Gasteiger partial charge in [0.15, 0.2) is 0 Å². The van der Waals surface area contributed by atoms with Crippen LogP contribution in [0, 0.1) is 17.9 Å². The number of nitrogens with zero attached hydrogens (tertiary/aromatic N) is 2. The van der Waals surface area contributed by atoms with Gasteiger partial charge in [-0.05, 0) is 66.0 Å². The first-order chi connectivity index (χ1) is 14.8. The van der Waals surface area contributed by atoms with Crippen molar-refractivity contribution >= 4 is 59.5 Å². The first-order valence-electron chi connectivity index (χ1n) is 9.80. The van der Waals surface area contributed by atoms with Gasteiger partial charge in [0.05, 0.1) is 18.2 Å². The van der Waals surface area contributed by atoms with E-state index < -0.39 is 0 Å². The maximum atomic E-state index is 9.69. The Morgan fingerprint density at radius 2 is 1.13 bits per heavy atom. The summed E-state index contributed by atoms with van der Waals surface area (Å²) in [7, 11) is 0. The molecule has 2 nitrogen and oxygen atoms in total. The van der Waals surface area contributed by atoms with E-state index in [1.54, 1.807) is 0 Å². The molecular formula is C28H14N2. The molecule has 0 N–H and O–H groups in total. The predicted octanol–water partition coefficient (Wildman–Crippen LogP) is 7.88. The van der Waals surface area contributed by atoms with Gasteiger partial charge in [0.1, 0.15) is 0 Å². The maximum Gasteiger partial charge on any atom is 0.205 e. The van der Waals surface area contributed by atoms with Crippen LogP contribution in [0.25, 0.3) is 58.7 Å². The number of benzene rings is 6. The lowest BCUT2D eigenvalue weighted by Gasteiger charge is -2.15. The van der Waals surface area contributed by atoms with Crippen LogP contribution in [0.15, 0.2) is 84.9 Å². The third-order valence-corrected chi connectivity index (χ3v) is 6.06. The van der Waals surface area contributed by atoms with E-state index in [9.17, 15) is 5.26 Å². The average Bonchev–Trinajstić information content (AvgIpc) is 2.82. The zero-order valence-electron chi connectivity index (χ0n) is 16.0. The molecule has 0 aliphatic rings. The van der Waals surface area contributed by atoms with Gasteiger partial charge in [-0.25, -0.2) is 4.85 Å². The van der Waals surface area contributed by atoms with E-state index in [4.69, 9.17) is 6.57 Å². The highest BCUT2D eigenvalue weighted by Gasteiger charge is 2.16. The first-order valence-corrected chi connectivity index (χ1v) is 9.80. The molecule has 0 saturated carbocycles. The molecule has 6 aromatic carbocycles. The number of fused-ring (bicyclic) bond motifs is 10. The summed E-state index contributed by atoms with van der Waals surface area (Å²) in [6, 6.07) is 31.4. The predicted molar refractivity (Wildman–Crippen MR) is 125 cm³/mol. The fourth-order valence-corrected chi connectivity index (χ4v) is 4.76. The Hall–Kier alpha value is -4.40. The minimum Gasteiger partial charge on any atom is -0.237 e. The Bertz CT molecular complexity index is 1630. The molecule has 0 amide bonds. The Morgan fingerprint density at radius 1 is 0.600 bits per heavy atom. The monoisotopic (exact) mass is 378 g/mol. The highest BCUT2D eigenvalue weighted by molar-refractivity contribution is 6.35. The van der Waals surface area contributed by atoms with Crippen molar-refractivity contribution in [1.82, 2.24) is 0 Å². The van der Waals surface area contributed by atoms with Crippen LogP contribution in [0.4, 0.5) is 5.69 Å². The van der Waals surface area contributed by atoms with Crippen molar-refractivity contribution in [3.05, 3.63) is 102 Å². The lowest BCUT2D eigenvalue weighted by atomic mass is 9.88. The number of hydrogen-bond acceptors (Lipinski definition) is 1. The second-order valence-corrected chi connectivity index (χ2v) is 7.56. The van der Waals surface area contributed by atoms with Gasteiger partial charge in [-0.3, -0.25) is 0 Å². The summed E-state index contributed by atoms with van der Waals surface area (Å²) >= 11 is 0. The van der Waals surface area contributed by atoms with Crippen molar-refractivity contribution in [2.24, 2.45) is 0 Å². The molecule has 0 saturated heterocycles. The summed E-state index contributed by atoms with van der Waals surface area (Å²) in [6.45, 7) is 7.60. The molecule has 6 rings (SSSR count). The van der Waals surface area contributed by atoms with Gasteiger partial charge in [-0.2, -0.15) is 5.26 Å². The molecule has 2 heteroatoms. The molecule has 0 bridgehead atoms. The third kappa shape index (κ3) is 2.11. The molecule has 136 valence electrons. The molecule has 0 fully saturated rings. The summed E-state index contributed by atoms with van der Waals surface area (Å²) in [5, 5.41) is 21.0. The van der Waals surface area contributed by atoms with Crippen LogP contribution < -0.4 is 0 Å². The quantitative estimate of drug-likeness (QED) is 0.195. The van der Waals surface area contributed by atoms with Crippen LogP contribution in [0.2, 0.25) is 0 Å². The SMILES string of the molecule is [C-]#[N+]c1cc2c(cc1C#N)c1c3ccccc3ccc1c1ccc3ccccc3c12. The van der Waals surface area contributed by atoms with E-state index in [1.165, 1.54) is 21.5 Å². The first kappa shape index (κ1) is 16.5. The van der Waals surface area contributed by atoms with Crippen LogP contribution in [0.1, 0.15) is 5.56 Å². The van der Waals surface area contributed by atoms with E-state index in [0.717, 1.165) is 32.3 Å². The summed E-state index contributed by atoms with van der Waals surface area (Å²) in [4.78, 5) is 3.65. The largest absolute Gasteiger partial charge is 0.237 e. The minimum atomic E-state index is 0.402. The Morgan fingerprint density at radius 3 is 1.67 bits per heavy atom. The van der Waals surface area contributed by atoms with Crippen LogP contribution >= 0.6 is 0 Å². The molecule has 30 heavy (non-hydrogen) atoms. The van der Waals surface area contributed by atoms with Gasteiger partial charge in [0, 0.05) is 0 Å². The number of rotatable bonds is 0. The van der Waals surface area contributed by atoms with Gasteiger partial charge in [-0.1, -0.05) is 72.8 Å². The lowest BCUT2D eigenvalue weighted by molar-refractivity contribution is 1.50. The highest BCUT2D eigenvalue weighted by Crippen LogP contribution is 2.43. The van der Waals surface area contributed by atoms with Crippen molar-refractivity contribution in [2.75, 3.05) is 0 Å². The van der Waals surface area contributed by atoms with Crippen molar-refractivity contribution in [2.45, 2.75) is 0 Å². The van der Waals surface area contributed by atoms with Gasteiger partial charge >= 0.3 is 0 Å². The van der Waals surface area contributed by atoms with Gasteiger partial charge in [0.2, 0.25) is 5.69 Å². The van der Waals surface area contributed by atoms with E-state index >= 15 is 0 Å². The molecule has 0 aliphatic carbocycles. The Kier molecular flexibility index (Phi) is 3.33. The lowest BCUT2D eigenvalue weighted by Crippen LogP contribution is -1.88. The zero-order valence-corrected chi connectivity index (χ0v) is 16.0. The minimum absolute atomic E-state index is 0.402. The summed E-state index contributed by atoms with van der Waals surface area (Å²) < 4.78 is 0. The van der Waals surface area contributed by atoms with Crippen molar-refractivity contribution < 1.29 is 0 Å². The topological polar surface area (TPSA) is 28.1 Å². The van der Waals surface area contributed by atoms with E-state index in [2.05, 4.69) is 71.6 Å². The Balaban J connectivity index is 2.04. The van der Waals surface area contributed by atoms with Crippen LogP contribution in [0.5, 0.6) is 0 Å². The second kappa shape index (κ2) is 6.05. The molecule has 0 unspecified atom stereocenters. The van der Waals surface area contributed by atoms with Crippen LogP contribution in [-0.2, 0) is 0 Å². The maximum absolute atomic E-state index is 9.69. The smallest absolute Gasteiger partial charge is 0.205 e. The average molecular weight is 378 g/mol. The van der Waals surface area contributed by atoms with Crippen molar-refractivity contribution in [1.29, 1.82) is 5.26 Å². The van der Waals surface area contributed by atoms with E-state index in [0.29, 0.717) is 11.3 Å². The second-order valence-electron chi connectivity index (χ2n) is 7.56. The van der Waals surface area contributed by atoms with Crippen molar-refractivity contribution in [3.8, 4) is 6.07 Å². The van der Waals surface area contributed by atoms with Gasteiger partial charge in [0.25, 0.3) is 0 Å². The van der Waals surface area contributed by atoms with Gasteiger partial charge in [-0.15, -0.1) is 0 Å². The highest BCUT2D eigenvalue weighted by atomic mass is 14.6. The molecule has 0 spiro atoms. The van der Waals surface area contributed by atoms with Gasteiger partial charge < -0.3 is 0 Å². The molecule has 0 aliphatic heterocycles. The summed E-state index contributed by atoms with van der Waals surface area (Å²) in [6.07, 6.45) is 0. The normalized spacial score (nSPS) is 11.3. The number of nitriles is 1. The van der Waals surface area contributed by atoms with Crippen LogP contribution in [-0.4, -0.2) is 0 Å². The van der Waals surface area contributed by atoms with E-state index in [1.807, 2.05) is 24.3 Å². The summed E-state index contributed by atoms with van der Waals surface area (Å²) in [5.74, 6) is 0. The molecule has 0 radical (unpaired) electrons. The molecule has 0 aromatic heterocycles. The summed E-state index contributed by atoms with van der Waals surface area (Å²) in [5.41, 5.74) is 0.824. The Labute approximate surface area is 173 Å². The molecule has 0 atom stereocenters. The fourth-order valence-electron chi connectivity index (χ4n) is 4.76. The molecule has 0 heterocycles. The zero-order chi connectivity index (χ0) is 20.2. The van der Waals surface area contributed by atoms with Crippen molar-refractivity contribution in [3.63, 3.8) is 0 Å². The van der Waals surface area contributed by atoms with Crippen LogP contribution in [0.3, 0.4) is 0 Å². The number of hydrogen-bond donors (Lipinski definition) is 0. The van der Waals surface area contributed by atoms with E-state index in [-0.39, 0.29) is 0 Å². The standard InChI is InChI=1S/C28H14N2/c1-30-26-15-25-24(14-19(26)16-29)27-20-8-4-2-6-17(20)10-12-22(27)23-13-11-18-7-3-5-9-21(18)28(23)25/h2-15H.